The molecule has 1 saturated heterocycles. The van der Waals surface area contributed by atoms with Gasteiger partial charge in [-0.25, -0.2) is 0 Å². The Hall–Kier alpha value is -1.32. The van der Waals surface area contributed by atoms with Crippen LogP contribution in [0.1, 0.15) is 13.3 Å². The van der Waals surface area contributed by atoms with Crippen molar-refractivity contribution in [3.05, 3.63) is 36.3 Å². The molecule has 0 aromatic heterocycles. The first kappa shape index (κ1) is 9.77. The molecule has 1 aliphatic rings. The Morgan fingerprint density at radius 1 is 1.38 bits per heavy atom. The fraction of sp³-hybridized carbons (Fsp3) is 0.333. The Balaban J connectivity index is 2.90. The Labute approximate surface area is 75.1 Å². The quantitative estimate of drug-likeness (QED) is 0.663. The molecule has 0 N–H and O–H groups in total. The van der Waals surface area contributed by atoms with Gasteiger partial charge >= 0.3 is 6.29 Å². The van der Waals surface area contributed by atoms with Crippen molar-refractivity contribution in [3.8, 4) is 0 Å². The number of hydrogen-bond acceptors (Lipinski definition) is 2. The minimum atomic E-state index is -3.55. The van der Waals surface area contributed by atoms with Gasteiger partial charge in [0.1, 0.15) is 0 Å². The molecule has 0 aliphatic carbocycles. The highest BCUT2D eigenvalue weighted by Crippen LogP contribution is 2.36. The highest BCUT2D eigenvalue weighted by molar-refractivity contribution is 5.26. The molecule has 0 atom stereocenters. The lowest BCUT2D eigenvalue weighted by Gasteiger charge is -2.03. The maximum Gasteiger partial charge on any atom is 0.586 e. The summed E-state index contributed by atoms with van der Waals surface area (Å²) in [6.07, 6.45) is 1.28. The van der Waals surface area contributed by atoms with Gasteiger partial charge in [0, 0.05) is 0 Å². The Morgan fingerprint density at radius 3 is 2.54 bits per heavy atom. The zero-order valence-electron chi connectivity index (χ0n) is 7.22. The number of rotatable bonds is 2. The third kappa shape index (κ3) is 2.31. The molecule has 4 heteroatoms. The molecule has 1 aliphatic heterocycles. The van der Waals surface area contributed by atoms with Crippen LogP contribution in [0.2, 0.25) is 0 Å². The van der Waals surface area contributed by atoms with Crippen LogP contribution in [0, 0.1) is 0 Å². The van der Waals surface area contributed by atoms with E-state index in [2.05, 4.69) is 16.1 Å². The van der Waals surface area contributed by atoms with Crippen LogP contribution >= 0.6 is 0 Å². The molecule has 13 heavy (non-hydrogen) atoms. The second kappa shape index (κ2) is 3.60. The van der Waals surface area contributed by atoms with E-state index in [1.165, 1.54) is 18.2 Å². The Kier molecular flexibility index (Phi) is 2.70. The zero-order chi connectivity index (χ0) is 9.90. The third-order valence-electron chi connectivity index (χ3n) is 1.36. The molecule has 0 aromatic rings. The van der Waals surface area contributed by atoms with Gasteiger partial charge in [-0.3, -0.25) is 0 Å². The van der Waals surface area contributed by atoms with E-state index in [9.17, 15) is 8.78 Å². The summed E-state index contributed by atoms with van der Waals surface area (Å²) < 4.78 is 33.5. The van der Waals surface area contributed by atoms with Gasteiger partial charge in [-0.2, -0.15) is 0 Å². The molecule has 1 fully saturated rings. The summed E-state index contributed by atoms with van der Waals surface area (Å²) in [5, 5.41) is 0. The normalized spacial score (nSPS) is 25.8. The van der Waals surface area contributed by atoms with E-state index < -0.39 is 6.29 Å². The molecule has 0 aromatic carbocycles. The van der Waals surface area contributed by atoms with Crippen molar-refractivity contribution in [2.75, 3.05) is 0 Å². The van der Waals surface area contributed by atoms with Crippen molar-refractivity contribution in [2.24, 2.45) is 0 Å². The van der Waals surface area contributed by atoms with Crippen LogP contribution in [0.5, 0.6) is 0 Å². The molecule has 0 spiro atoms. The van der Waals surface area contributed by atoms with Crippen LogP contribution in [0.15, 0.2) is 36.3 Å². The standard InChI is InChI=1S/C9H10F2O2/c1-3-5-7-8(6-4-2)13-9(10,11)12-7/h3,5-6H,1,4H2,2H3/b7-5+,8-6+. The van der Waals surface area contributed by atoms with E-state index in [1.807, 2.05) is 6.92 Å². The molecule has 1 rings (SSSR count). The summed E-state index contributed by atoms with van der Waals surface area (Å²) in [6.45, 7) is 5.20. The maximum absolute atomic E-state index is 12.5. The van der Waals surface area contributed by atoms with E-state index in [0.717, 1.165) is 0 Å². The Morgan fingerprint density at radius 2 is 2.00 bits per heavy atom. The van der Waals surface area contributed by atoms with Crippen LogP contribution in [-0.4, -0.2) is 6.29 Å². The van der Waals surface area contributed by atoms with E-state index in [4.69, 9.17) is 0 Å². The summed E-state index contributed by atoms with van der Waals surface area (Å²) in [7, 11) is 0. The maximum atomic E-state index is 12.5. The fourth-order valence-corrected chi connectivity index (χ4v) is 0.928. The monoisotopic (exact) mass is 188 g/mol. The molecule has 0 unspecified atom stereocenters. The van der Waals surface area contributed by atoms with Crippen LogP contribution in [0.4, 0.5) is 8.78 Å². The molecular formula is C9H10F2O2. The van der Waals surface area contributed by atoms with Crippen molar-refractivity contribution in [2.45, 2.75) is 19.6 Å². The largest absolute Gasteiger partial charge is 0.586 e. The molecule has 1 heterocycles. The Bertz CT molecular complexity index is 267. The van der Waals surface area contributed by atoms with E-state index in [0.29, 0.717) is 6.42 Å². The SMILES string of the molecule is C=C/C=C1/OC(F)(F)O/C1=C/CC. The summed E-state index contributed by atoms with van der Waals surface area (Å²) in [5.41, 5.74) is 0. The summed E-state index contributed by atoms with van der Waals surface area (Å²) in [5.74, 6) is 0.0780. The van der Waals surface area contributed by atoms with Crippen LogP contribution in [0.3, 0.4) is 0 Å². The van der Waals surface area contributed by atoms with Crippen molar-refractivity contribution in [1.29, 1.82) is 0 Å². The predicted molar refractivity (Wildman–Crippen MR) is 43.8 cm³/mol. The first-order chi connectivity index (χ1) is 6.09. The van der Waals surface area contributed by atoms with Gasteiger partial charge in [0.05, 0.1) is 0 Å². The molecule has 72 valence electrons. The van der Waals surface area contributed by atoms with Crippen LogP contribution < -0.4 is 0 Å². The third-order valence-corrected chi connectivity index (χ3v) is 1.36. The number of hydrogen-bond donors (Lipinski definition) is 0. The summed E-state index contributed by atoms with van der Waals surface area (Å²) >= 11 is 0. The lowest BCUT2D eigenvalue weighted by atomic mass is 10.3. The number of alkyl halides is 2. The second-order valence-electron chi connectivity index (χ2n) is 2.41. The molecule has 2 nitrogen and oxygen atoms in total. The van der Waals surface area contributed by atoms with E-state index in [-0.39, 0.29) is 11.5 Å². The van der Waals surface area contributed by atoms with Crippen LogP contribution in [-0.2, 0) is 9.47 Å². The molecule has 0 amide bonds. The smallest absolute Gasteiger partial charge is 0.396 e. The van der Waals surface area contributed by atoms with Gasteiger partial charge < -0.3 is 9.47 Å². The molecule has 0 radical (unpaired) electrons. The fourth-order valence-electron chi connectivity index (χ4n) is 0.928. The molecule has 0 saturated carbocycles. The van der Waals surface area contributed by atoms with Crippen LogP contribution in [0.25, 0.3) is 0 Å². The van der Waals surface area contributed by atoms with Gasteiger partial charge in [0.15, 0.2) is 11.5 Å². The summed E-state index contributed by atoms with van der Waals surface area (Å²) in [4.78, 5) is 0. The molecular weight excluding hydrogens is 178 g/mol. The van der Waals surface area contributed by atoms with E-state index >= 15 is 0 Å². The van der Waals surface area contributed by atoms with Crippen molar-refractivity contribution in [3.63, 3.8) is 0 Å². The zero-order valence-corrected chi connectivity index (χ0v) is 7.22. The van der Waals surface area contributed by atoms with E-state index in [1.54, 1.807) is 0 Å². The number of halogens is 2. The van der Waals surface area contributed by atoms with Crippen molar-refractivity contribution >= 4 is 0 Å². The highest BCUT2D eigenvalue weighted by atomic mass is 19.3. The van der Waals surface area contributed by atoms with Gasteiger partial charge in [-0.05, 0) is 18.6 Å². The second-order valence-corrected chi connectivity index (χ2v) is 2.41. The average molecular weight is 188 g/mol. The summed E-state index contributed by atoms with van der Waals surface area (Å²) in [6, 6.07) is 0. The lowest BCUT2D eigenvalue weighted by molar-refractivity contribution is -0.326. The lowest BCUT2D eigenvalue weighted by Crippen LogP contribution is -2.14. The van der Waals surface area contributed by atoms with Crippen molar-refractivity contribution < 1.29 is 18.3 Å². The van der Waals surface area contributed by atoms with Gasteiger partial charge in [0.2, 0.25) is 0 Å². The van der Waals surface area contributed by atoms with Gasteiger partial charge in [0.25, 0.3) is 0 Å². The van der Waals surface area contributed by atoms with Gasteiger partial charge in [-0.1, -0.05) is 19.6 Å². The topological polar surface area (TPSA) is 18.5 Å². The number of allylic oxidation sites excluding steroid dienone is 3. The van der Waals surface area contributed by atoms with Crippen molar-refractivity contribution in [1.82, 2.24) is 0 Å². The number of ether oxygens (including phenoxy) is 2. The minimum Gasteiger partial charge on any atom is -0.396 e. The molecule has 0 bridgehead atoms. The average Bonchev–Trinajstić information content (AvgIpc) is 2.28. The first-order valence-corrected chi connectivity index (χ1v) is 3.88. The minimum absolute atomic E-state index is 0.0156. The first-order valence-electron chi connectivity index (χ1n) is 3.88. The van der Waals surface area contributed by atoms with Gasteiger partial charge in [-0.15, -0.1) is 8.78 Å². The predicted octanol–water partition coefficient (Wildman–Crippen LogP) is 2.95. The highest BCUT2D eigenvalue weighted by Gasteiger charge is 2.45.